The summed E-state index contributed by atoms with van der Waals surface area (Å²) in [5, 5.41) is 25.2. The largest absolute Gasteiger partial charge is 0.462 e. The fourth-order valence-electron chi connectivity index (χ4n) is 6.85. The summed E-state index contributed by atoms with van der Waals surface area (Å²) in [6, 6.07) is 0. The first-order valence-electron chi connectivity index (χ1n) is 14.4. The minimum absolute atomic E-state index is 0.0431. The summed E-state index contributed by atoms with van der Waals surface area (Å²) in [7, 11) is 0. The molecule has 1 aliphatic carbocycles. The van der Waals surface area contributed by atoms with Crippen LogP contribution in [0.2, 0.25) is 0 Å². The number of oxime groups is 1. The van der Waals surface area contributed by atoms with E-state index in [1.54, 1.807) is 13.0 Å². The van der Waals surface area contributed by atoms with E-state index >= 15 is 0 Å². The molecule has 0 radical (unpaired) electrons. The Morgan fingerprint density at radius 2 is 1.92 bits per heavy atom. The highest BCUT2D eigenvalue weighted by Crippen LogP contribution is 2.46. The molecule has 0 unspecified atom stereocenters. The van der Waals surface area contributed by atoms with Crippen LogP contribution in [0.1, 0.15) is 73.1 Å². The Balaban J connectivity index is 1.53. The molecule has 0 aromatic rings. The lowest BCUT2D eigenvalue weighted by Gasteiger charge is -2.49. The minimum Gasteiger partial charge on any atom is -0.462 e. The Labute approximate surface area is 231 Å². The standard InChI is InChI=1S/C31H43NO7/c1-18-7-6-8-23-17-36-28-27(32-35)21(4)14-26(31(23,28)34)29(33)37-25-15-24(10-9-19(2)13-18)39-30(16-25)12-11-20(3)22(5)38-30/h6-9,14,18,20,22,24-26,28,34-35H,10-13,15-17H2,1-5H3/b7-6?,19-9+,23-8+,32-27+/t18-,20-,22+,24+,25-,26-,28+,30-,31+/m0/s1. The number of nitrogens with zero attached hydrogens (tertiary/aromatic N) is 1. The van der Waals surface area contributed by atoms with Crippen molar-refractivity contribution in [2.24, 2.45) is 22.9 Å². The highest BCUT2D eigenvalue weighted by Gasteiger charge is 2.59. The average molecular weight is 542 g/mol. The molecule has 5 aliphatic rings. The van der Waals surface area contributed by atoms with E-state index in [2.05, 4.69) is 45.0 Å². The lowest BCUT2D eigenvalue weighted by atomic mass is 9.71. The Hall–Kier alpha value is -2.26. The molecule has 2 N–H and O–H groups in total. The normalized spacial score (nSPS) is 47.0. The first-order chi connectivity index (χ1) is 18.5. The van der Waals surface area contributed by atoms with Crippen molar-refractivity contribution in [2.75, 3.05) is 6.61 Å². The second kappa shape index (κ2) is 11.0. The maximum Gasteiger partial charge on any atom is 0.316 e. The monoisotopic (exact) mass is 541 g/mol. The zero-order chi connectivity index (χ0) is 27.9. The number of rotatable bonds is 0. The van der Waals surface area contributed by atoms with Crippen molar-refractivity contribution in [3.8, 4) is 0 Å². The van der Waals surface area contributed by atoms with Gasteiger partial charge in [-0.25, -0.2) is 0 Å². The number of carbonyl (C=O) groups excluding carboxylic acids is 1. The first-order valence-corrected chi connectivity index (χ1v) is 14.4. The average Bonchev–Trinajstić information content (AvgIpc) is 3.21. The molecule has 39 heavy (non-hydrogen) atoms. The SMILES string of the molecule is CC1=C[C@H]2C(=O)O[C@H]3C[C@@H](C/C=C(\C)C[C@@H](C)C=C/C=C4\CO[C@H](/C1=N/O)[C@@]42O)O[C@@]1(CC[C@H](C)[C@@H](C)O1)C3. The van der Waals surface area contributed by atoms with Crippen LogP contribution in [-0.2, 0) is 23.7 Å². The van der Waals surface area contributed by atoms with E-state index in [1.807, 2.05) is 12.2 Å². The smallest absolute Gasteiger partial charge is 0.316 e. The van der Waals surface area contributed by atoms with Crippen LogP contribution in [0.5, 0.6) is 0 Å². The molecule has 8 nitrogen and oxygen atoms in total. The van der Waals surface area contributed by atoms with Gasteiger partial charge in [0, 0.05) is 19.3 Å². The van der Waals surface area contributed by atoms with Crippen LogP contribution in [0.4, 0.5) is 0 Å². The predicted molar refractivity (Wildman–Crippen MR) is 146 cm³/mol. The van der Waals surface area contributed by atoms with E-state index < -0.39 is 35.5 Å². The van der Waals surface area contributed by atoms with Gasteiger partial charge in [0.2, 0.25) is 0 Å². The number of esters is 1. The minimum atomic E-state index is -1.72. The van der Waals surface area contributed by atoms with Gasteiger partial charge < -0.3 is 29.3 Å². The van der Waals surface area contributed by atoms with Gasteiger partial charge in [-0.05, 0) is 63.0 Å². The van der Waals surface area contributed by atoms with Gasteiger partial charge in [0.05, 0.1) is 18.8 Å². The number of fused-ring (bicyclic) bond motifs is 2. The zero-order valence-corrected chi connectivity index (χ0v) is 23.8. The van der Waals surface area contributed by atoms with Crippen LogP contribution in [-0.4, -0.2) is 64.4 Å². The molecule has 2 bridgehead atoms. The van der Waals surface area contributed by atoms with Crippen molar-refractivity contribution < 1.29 is 34.1 Å². The van der Waals surface area contributed by atoms with Crippen LogP contribution in [0.15, 0.2) is 52.3 Å². The summed E-state index contributed by atoms with van der Waals surface area (Å²) < 4.78 is 25.3. The number of hydrogen-bond donors (Lipinski definition) is 2. The highest BCUT2D eigenvalue weighted by molar-refractivity contribution is 6.06. The topological polar surface area (TPSA) is 107 Å². The molecule has 0 aromatic carbocycles. The predicted octanol–water partition coefficient (Wildman–Crippen LogP) is 5.00. The van der Waals surface area contributed by atoms with Crippen LogP contribution >= 0.6 is 0 Å². The summed E-state index contributed by atoms with van der Waals surface area (Å²) in [5.74, 6) is -1.62. The molecule has 0 amide bonds. The second-order valence-electron chi connectivity index (χ2n) is 12.4. The zero-order valence-electron chi connectivity index (χ0n) is 23.8. The summed E-state index contributed by atoms with van der Waals surface area (Å²) in [5.41, 5.74) is 0.916. The third-order valence-electron chi connectivity index (χ3n) is 9.25. The summed E-state index contributed by atoms with van der Waals surface area (Å²) in [6.07, 6.45) is 12.6. The summed E-state index contributed by atoms with van der Waals surface area (Å²) in [4.78, 5) is 13.9. The first kappa shape index (κ1) is 28.3. The Morgan fingerprint density at radius 3 is 2.67 bits per heavy atom. The van der Waals surface area contributed by atoms with Gasteiger partial charge >= 0.3 is 5.97 Å². The molecule has 3 fully saturated rings. The van der Waals surface area contributed by atoms with Crippen LogP contribution in [0, 0.1) is 17.8 Å². The maximum atomic E-state index is 13.9. The van der Waals surface area contributed by atoms with Gasteiger partial charge in [-0.1, -0.05) is 55.0 Å². The van der Waals surface area contributed by atoms with Gasteiger partial charge in [0.1, 0.15) is 29.4 Å². The fraction of sp³-hybridized carbons (Fsp3) is 0.677. The fourth-order valence-corrected chi connectivity index (χ4v) is 6.85. The maximum absolute atomic E-state index is 13.9. The Kier molecular flexibility index (Phi) is 7.94. The molecule has 9 atom stereocenters. The lowest BCUT2D eigenvalue weighted by molar-refractivity contribution is -0.332. The third-order valence-corrected chi connectivity index (χ3v) is 9.25. The molecule has 4 aliphatic heterocycles. The van der Waals surface area contributed by atoms with Crippen molar-refractivity contribution in [2.45, 2.75) is 109 Å². The van der Waals surface area contributed by atoms with Gasteiger partial charge in [-0.3, -0.25) is 4.79 Å². The van der Waals surface area contributed by atoms with Crippen molar-refractivity contribution >= 4 is 11.7 Å². The molecule has 5 rings (SSSR count). The van der Waals surface area contributed by atoms with E-state index in [0.29, 0.717) is 36.3 Å². The van der Waals surface area contributed by atoms with Gasteiger partial charge in [0.15, 0.2) is 5.79 Å². The molecule has 0 saturated carbocycles. The summed E-state index contributed by atoms with van der Waals surface area (Å²) >= 11 is 0. The summed E-state index contributed by atoms with van der Waals surface area (Å²) in [6.45, 7) is 10.4. The number of carbonyl (C=O) groups is 1. The van der Waals surface area contributed by atoms with E-state index in [9.17, 15) is 15.1 Å². The van der Waals surface area contributed by atoms with Crippen LogP contribution < -0.4 is 0 Å². The molecule has 0 aromatic heterocycles. The number of hydrogen-bond acceptors (Lipinski definition) is 8. The highest BCUT2D eigenvalue weighted by atomic mass is 16.7. The number of allylic oxidation sites excluding steroid dienone is 4. The molecular weight excluding hydrogens is 498 g/mol. The van der Waals surface area contributed by atoms with Crippen LogP contribution in [0.3, 0.4) is 0 Å². The Bertz CT molecular complexity index is 1120. The van der Waals surface area contributed by atoms with Gasteiger partial charge in [-0.15, -0.1) is 0 Å². The quantitative estimate of drug-likeness (QED) is 0.192. The molecule has 3 saturated heterocycles. The third kappa shape index (κ3) is 5.41. The van der Waals surface area contributed by atoms with E-state index in [4.69, 9.17) is 18.9 Å². The van der Waals surface area contributed by atoms with E-state index in [0.717, 1.165) is 19.3 Å². The molecule has 1 spiro atoms. The van der Waals surface area contributed by atoms with Crippen molar-refractivity contribution in [1.29, 1.82) is 0 Å². The van der Waals surface area contributed by atoms with Gasteiger partial charge in [-0.2, -0.15) is 0 Å². The van der Waals surface area contributed by atoms with Crippen molar-refractivity contribution in [3.63, 3.8) is 0 Å². The van der Waals surface area contributed by atoms with Crippen molar-refractivity contribution in [1.82, 2.24) is 0 Å². The van der Waals surface area contributed by atoms with Crippen LogP contribution in [0.25, 0.3) is 0 Å². The molecular formula is C31H43NO7. The lowest BCUT2D eigenvalue weighted by Crippen LogP contribution is -2.57. The molecule has 214 valence electrons. The van der Waals surface area contributed by atoms with E-state index in [1.165, 1.54) is 5.57 Å². The number of ether oxygens (including phenoxy) is 4. The van der Waals surface area contributed by atoms with E-state index in [-0.39, 0.29) is 30.4 Å². The molecule has 4 heterocycles. The van der Waals surface area contributed by atoms with Crippen molar-refractivity contribution in [3.05, 3.63) is 47.1 Å². The second-order valence-corrected chi connectivity index (χ2v) is 12.4. The van der Waals surface area contributed by atoms with Gasteiger partial charge in [0.25, 0.3) is 0 Å². The molecule has 8 heteroatoms. The Morgan fingerprint density at radius 1 is 1.13 bits per heavy atom. The number of aliphatic hydroxyl groups is 1.